The number of nitrogens with zero attached hydrogens (tertiary/aromatic N) is 1. The average molecular weight is 286 g/mol. The Morgan fingerprint density at radius 2 is 2.05 bits per heavy atom. The van der Waals surface area contributed by atoms with Crippen LogP contribution in [0.15, 0.2) is 12.1 Å². The van der Waals surface area contributed by atoms with Crippen LogP contribution in [0.3, 0.4) is 0 Å². The molecule has 4 unspecified atom stereocenters. The molecular weight excluding hydrogens is 260 g/mol. The van der Waals surface area contributed by atoms with Gasteiger partial charge in [0.05, 0.1) is 0 Å². The van der Waals surface area contributed by atoms with Crippen LogP contribution in [0.2, 0.25) is 0 Å². The van der Waals surface area contributed by atoms with Gasteiger partial charge in [0, 0.05) is 30.2 Å². The fraction of sp³-hybridized carbons (Fsp3) is 0.667. The van der Waals surface area contributed by atoms with Gasteiger partial charge >= 0.3 is 0 Å². The molecule has 114 valence electrons. The monoisotopic (exact) mass is 286 g/mol. The molecule has 0 saturated carbocycles. The fourth-order valence-corrected chi connectivity index (χ4v) is 5.03. The van der Waals surface area contributed by atoms with Gasteiger partial charge in [-0.15, -0.1) is 0 Å². The van der Waals surface area contributed by atoms with Crippen molar-refractivity contribution in [1.82, 2.24) is 10.2 Å². The lowest BCUT2D eigenvalue weighted by Crippen LogP contribution is -2.40. The quantitative estimate of drug-likeness (QED) is 0.877. The minimum atomic E-state index is 0.334. The second-order valence-electron chi connectivity index (χ2n) is 7.23. The minimum Gasteiger partial charge on any atom is -0.508 e. The molecule has 2 saturated heterocycles. The summed E-state index contributed by atoms with van der Waals surface area (Å²) < 4.78 is 0. The third-order valence-electron chi connectivity index (χ3n) is 5.93. The number of nitrogens with one attached hydrogen (secondary N) is 1. The van der Waals surface area contributed by atoms with E-state index in [2.05, 4.69) is 30.1 Å². The summed E-state index contributed by atoms with van der Waals surface area (Å²) in [5.41, 5.74) is 3.89. The van der Waals surface area contributed by atoms with Gasteiger partial charge in [-0.25, -0.2) is 0 Å². The number of aryl methyl sites for hydroxylation is 1. The number of fused-ring (bicyclic) bond motifs is 2. The highest BCUT2D eigenvalue weighted by Gasteiger charge is 2.40. The third-order valence-corrected chi connectivity index (χ3v) is 5.93. The number of benzene rings is 1. The van der Waals surface area contributed by atoms with Crippen LogP contribution in [0.1, 0.15) is 61.3 Å². The number of phenolic OH excluding ortho intramolecular Hbond substituents is 1. The first-order valence-electron chi connectivity index (χ1n) is 8.47. The van der Waals surface area contributed by atoms with Crippen LogP contribution in [0.5, 0.6) is 5.75 Å². The smallest absolute Gasteiger partial charge is 0.120 e. The number of hydrogen-bond acceptors (Lipinski definition) is 3. The molecule has 1 aromatic rings. The van der Waals surface area contributed by atoms with E-state index in [-0.39, 0.29) is 0 Å². The molecule has 0 bridgehead atoms. The highest BCUT2D eigenvalue weighted by molar-refractivity contribution is 5.51. The first kappa shape index (κ1) is 13.6. The van der Waals surface area contributed by atoms with Crippen molar-refractivity contribution in [1.29, 1.82) is 0 Å². The van der Waals surface area contributed by atoms with Gasteiger partial charge < -0.3 is 10.4 Å². The third kappa shape index (κ3) is 2.09. The van der Waals surface area contributed by atoms with E-state index in [0.29, 0.717) is 23.8 Å². The summed E-state index contributed by atoms with van der Waals surface area (Å²) in [5.74, 6) is 1.03. The van der Waals surface area contributed by atoms with E-state index in [4.69, 9.17) is 0 Å². The van der Waals surface area contributed by atoms with Crippen molar-refractivity contribution in [2.24, 2.45) is 0 Å². The fourth-order valence-electron chi connectivity index (χ4n) is 5.03. The predicted molar refractivity (Wildman–Crippen MR) is 84.8 cm³/mol. The molecule has 2 aliphatic heterocycles. The average Bonchev–Trinajstić information content (AvgIpc) is 3.11. The Morgan fingerprint density at radius 3 is 2.90 bits per heavy atom. The molecule has 3 nitrogen and oxygen atoms in total. The van der Waals surface area contributed by atoms with Gasteiger partial charge in [0.15, 0.2) is 0 Å². The van der Waals surface area contributed by atoms with E-state index in [0.717, 1.165) is 12.5 Å². The van der Waals surface area contributed by atoms with Gasteiger partial charge in [-0.1, -0.05) is 13.0 Å². The van der Waals surface area contributed by atoms with Crippen molar-refractivity contribution in [2.75, 3.05) is 13.1 Å². The van der Waals surface area contributed by atoms with Crippen LogP contribution in [0, 0.1) is 6.92 Å². The molecule has 4 atom stereocenters. The van der Waals surface area contributed by atoms with Crippen LogP contribution in [0.4, 0.5) is 0 Å². The van der Waals surface area contributed by atoms with Crippen LogP contribution in [-0.2, 0) is 0 Å². The second-order valence-corrected chi connectivity index (χ2v) is 7.23. The second kappa shape index (κ2) is 4.99. The van der Waals surface area contributed by atoms with Crippen LogP contribution in [0.25, 0.3) is 0 Å². The van der Waals surface area contributed by atoms with Gasteiger partial charge in [-0.3, -0.25) is 4.90 Å². The molecule has 0 radical (unpaired) electrons. The lowest BCUT2D eigenvalue weighted by molar-refractivity contribution is 0.286. The summed E-state index contributed by atoms with van der Waals surface area (Å²) in [6.45, 7) is 7.00. The van der Waals surface area contributed by atoms with Crippen LogP contribution in [-0.4, -0.2) is 35.2 Å². The molecule has 2 heterocycles. The van der Waals surface area contributed by atoms with Crippen LogP contribution < -0.4 is 5.32 Å². The molecule has 1 aliphatic carbocycles. The zero-order valence-corrected chi connectivity index (χ0v) is 13.1. The first-order valence-corrected chi connectivity index (χ1v) is 8.47. The van der Waals surface area contributed by atoms with Gasteiger partial charge in [0.2, 0.25) is 0 Å². The lowest BCUT2D eigenvalue weighted by Gasteiger charge is -2.26. The first-order chi connectivity index (χ1) is 10.1. The van der Waals surface area contributed by atoms with Gasteiger partial charge in [0.1, 0.15) is 5.75 Å². The van der Waals surface area contributed by atoms with Crippen molar-refractivity contribution in [3.8, 4) is 5.75 Å². The molecule has 1 aromatic carbocycles. The van der Waals surface area contributed by atoms with Crippen molar-refractivity contribution in [3.05, 3.63) is 28.8 Å². The molecule has 4 rings (SSSR count). The Morgan fingerprint density at radius 1 is 1.19 bits per heavy atom. The van der Waals surface area contributed by atoms with E-state index in [9.17, 15) is 5.11 Å². The molecule has 3 heteroatoms. The minimum absolute atomic E-state index is 0.334. The van der Waals surface area contributed by atoms with Crippen molar-refractivity contribution in [3.63, 3.8) is 0 Å². The number of hydrogen-bond donors (Lipinski definition) is 2. The molecule has 2 fully saturated rings. The Labute approximate surface area is 127 Å². The van der Waals surface area contributed by atoms with Crippen molar-refractivity contribution >= 4 is 0 Å². The van der Waals surface area contributed by atoms with E-state index < -0.39 is 0 Å². The molecule has 0 amide bonds. The summed E-state index contributed by atoms with van der Waals surface area (Å²) in [6.07, 6.45) is 5.08. The highest BCUT2D eigenvalue weighted by Crippen LogP contribution is 2.46. The molecule has 0 aromatic heterocycles. The zero-order valence-electron chi connectivity index (χ0n) is 13.1. The Bertz CT molecular complexity index is 556. The number of rotatable bonds is 2. The molecule has 21 heavy (non-hydrogen) atoms. The Kier molecular flexibility index (Phi) is 3.23. The number of aromatic hydroxyl groups is 1. The molecular formula is C18H26N2O. The SMILES string of the molecule is Cc1ccc(O)c2c1C(C)CC2NC1CCN2CCCC12. The maximum Gasteiger partial charge on any atom is 0.120 e. The summed E-state index contributed by atoms with van der Waals surface area (Å²) in [7, 11) is 0. The zero-order chi connectivity index (χ0) is 14.6. The Hall–Kier alpha value is -1.06. The van der Waals surface area contributed by atoms with Gasteiger partial charge in [-0.05, 0) is 62.3 Å². The van der Waals surface area contributed by atoms with E-state index >= 15 is 0 Å². The lowest BCUT2D eigenvalue weighted by atomic mass is 9.97. The highest BCUT2D eigenvalue weighted by atomic mass is 16.3. The van der Waals surface area contributed by atoms with Crippen molar-refractivity contribution < 1.29 is 5.11 Å². The number of phenols is 1. The summed E-state index contributed by atoms with van der Waals surface area (Å²) in [4.78, 5) is 2.65. The maximum absolute atomic E-state index is 10.4. The van der Waals surface area contributed by atoms with Gasteiger partial charge in [0.25, 0.3) is 0 Å². The van der Waals surface area contributed by atoms with E-state index in [1.54, 1.807) is 0 Å². The van der Waals surface area contributed by atoms with Crippen LogP contribution >= 0.6 is 0 Å². The Balaban J connectivity index is 1.60. The van der Waals surface area contributed by atoms with E-state index in [1.807, 2.05) is 6.07 Å². The standard InChI is InChI=1S/C18H26N2O/c1-11-5-6-16(21)18-14(10-12(2)17(11)18)19-13-7-9-20-8-3-4-15(13)20/h5-6,12-15,19,21H,3-4,7-10H2,1-2H3. The summed E-state index contributed by atoms with van der Waals surface area (Å²) in [5, 5.41) is 14.3. The normalized spacial score (nSPS) is 35.1. The maximum atomic E-state index is 10.4. The molecule has 2 N–H and O–H groups in total. The molecule has 0 spiro atoms. The topological polar surface area (TPSA) is 35.5 Å². The van der Waals surface area contributed by atoms with Crippen molar-refractivity contribution in [2.45, 2.75) is 63.6 Å². The summed E-state index contributed by atoms with van der Waals surface area (Å²) >= 11 is 0. The van der Waals surface area contributed by atoms with E-state index in [1.165, 1.54) is 49.0 Å². The van der Waals surface area contributed by atoms with Gasteiger partial charge in [-0.2, -0.15) is 0 Å². The predicted octanol–water partition coefficient (Wildman–Crippen LogP) is 3.08. The molecule has 3 aliphatic rings. The largest absolute Gasteiger partial charge is 0.508 e. The summed E-state index contributed by atoms with van der Waals surface area (Å²) in [6, 6.07) is 5.60.